The van der Waals surface area contributed by atoms with E-state index in [2.05, 4.69) is 5.32 Å². The Labute approximate surface area is 233 Å². The number of carbonyl (C=O) groups excluding carboxylic acids is 2. The lowest BCUT2D eigenvalue weighted by molar-refractivity contribution is -0.137. The number of hydrogen-bond acceptors (Lipinski definition) is 4. The van der Waals surface area contributed by atoms with Crippen LogP contribution in [0.25, 0.3) is 0 Å². The number of amides is 2. The fourth-order valence-electron chi connectivity index (χ4n) is 4.11. The van der Waals surface area contributed by atoms with E-state index < -0.39 is 28.8 Å². The first-order chi connectivity index (χ1) is 18.5. The van der Waals surface area contributed by atoms with Crippen LogP contribution in [0.15, 0.2) is 77.3 Å². The van der Waals surface area contributed by atoms with Crippen LogP contribution in [0.1, 0.15) is 29.2 Å². The van der Waals surface area contributed by atoms with Gasteiger partial charge in [-0.25, -0.2) is 0 Å². The van der Waals surface area contributed by atoms with Gasteiger partial charge in [-0.2, -0.15) is 18.4 Å². The van der Waals surface area contributed by atoms with Crippen LogP contribution in [-0.4, -0.2) is 17.1 Å². The summed E-state index contributed by atoms with van der Waals surface area (Å²) >= 11 is 7.17. The highest BCUT2D eigenvalue weighted by Crippen LogP contribution is 2.43. The van der Waals surface area contributed by atoms with E-state index in [1.54, 1.807) is 37.3 Å². The summed E-state index contributed by atoms with van der Waals surface area (Å²) in [4.78, 5) is 28.2. The van der Waals surface area contributed by atoms with Gasteiger partial charge in [0, 0.05) is 16.4 Å². The molecule has 1 aliphatic heterocycles. The highest BCUT2D eigenvalue weighted by molar-refractivity contribution is 8.05. The second-order valence-electron chi connectivity index (χ2n) is 8.87. The first-order valence-corrected chi connectivity index (χ1v) is 13.3. The maximum atomic E-state index is 13.7. The maximum absolute atomic E-state index is 13.7. The largest absolute Gasteiger partial charge is 0.416 e. The molecule has 0 aromatic heterocycles. The Morgan fingerprint density at radius 3 is 2.44 bits per heavy atom. The standard InChI is InChI=1S/C29H23ClF3N3O2S/c1-3-18-8-11-21(12-9-18)36-27(38)25(15-19-14-20(29(31,32)33)10-13-23(19)30)39-28(36)22(16-34)26(37)35-24-7-5-4-6-17(24)2/h4-14,25H,3,15H2,1-2H3,(H,35,37)/b28-22-. The molecule has 0 aliphatic carbocycles. The molecule has 39 heavy (non-hydrogen) atoms. The quantitative estimate of drug-likeness (QED) is 0.250. The number of nitriles is 1. The first-order valence-electron chi connectivity index (χ1n) is 12.0. The zero-order valence-corrected chi connectivity index (χ0v) is 22.5. The molecule has 0 bridgehead atoms. The van der Waals surface area contributed by atoms with E-state index in [9.17, 15) is 28.0 Å². The summed E-state index contributed by atoms with van der Waals surface area (Å²) in [6.45, 7) is 3.79. The summed E-state index contributed by atoms with van der Waals surface area (Å²) in [6.07, 6.45) is -3.94. The number of hydrogen-bond donors (Lipinski definition) is 1. The molecule has 1 aliphatic rings. The maximum Gasteiger partial charge on any atom is 0.416 e. The number of para-hydroxylation sites is 1. The van der Waals surface area contributed by atoms with Gasteiger partial charge in [0.1, 0.15) is 16.7 Å². The minimum atomic E-state index is -4.58. The third-order valence-electron chi connectivity index (χ3n) is 6.28. The summed E-state index contributed by atoms with van der Waals surface area (Å²) in [5, 5.41) is 12.0. The van der Waals surface area contributed by atoms with Crippen molar-refractivity contribution in [2.24, 2.45) is 0 Å². The van der Waals surface area contributed by atoms with Crippen molar-refractivity contribution < 1.29 is 22.8 Å². The number of alkyl halides is 3. The molecule has 5 nitrogen and oxygen atoms in total. The van der Waals surface area contributed by atoms with E-state index in [0.717, 1.165) is 47.5 Å². The number of anilines is 2. The van der Waals surface area contributed by atoms with Gasteiger partial charge in [-0.1, -0.05) is 60.6 Å². The Kier molecular flexibility index (Phi) is 8.38. The van der Waals surface area contributed by atoms with Crippen LogP contribution >= 0.6 is 23.4 Å². The molecule has 1 heterocycles. The van der Waals surface area contributed by atoms with E-state index in [0.29, 0.717) is 11.4 Å². The molecule has 1 fully saturated rings. The van der Waals surface area contributed by atoms with E-state index >= 15 is 0 Å². The SMILES string of the molecule is CCc1ccc(N2C(=O)C(Cc3cc(C(F)(F)F)ccc3Cl)S/C2=C(/C#N)C(=O)Nc2ccccc2C)cc1. The topological polar surface area (TPSA) is 73.2 Å². The van der Waals surface area contributed by atoms with Crippen molar-refractivity contribution in [1.29, 1.82) is 5.26 Å². The molecule has 200 valence electrons. The fourth-order valence-corrected chi connectivity index (χ4v) is 5.60. The van der Waals surface area contributed by atoms with Crippen LogP contribution < -0.4 is 10.2 Å². The Morgan fingerprint density at radius 2 is 1.82 bits per heavy atom. The summed E-state index contributed by atoms with van der Waals surface area (Å²) in [5.41, 5.74) is 1.73. The van der Waals surface area contributed by atoms with Gasteiger partial charge in [0.05, 0.1) is 10.8 Å². The molecular weight excluding hydrogens is 547 g/mol. The van der Waals surface area contributed by atoms with E-state index in [1.165, 1.54) is 4.90 Å². The van der Waals surface area contributed by atoms with Crippen molar-refractivity contribution in [3.8, 4) is 6.07 Å². The number of carbonyl (C=O) groups is 2. The summed E-state index contributed by atoms with van der Waals surface area (Å²) < 4.78 is 40.0. The zero-order valence-electron chi connectivity index (χ0n) is 21.0. The van der Waals surface area contributed by atoms with Gasteiger partial charge in [-0.3, -0.25) is 14.5 Å². The van der Waals surface area contributed by atoms with Crippen LogP contribution in [-0.2, 0) is 28.6 Å². The fraction of sp³-hybridized carbons (Fsp3) is 0.207. The van der Waals surface area contributed by atoms with E-state index in [-0.39, 0.29) is 27.6 Å². The average Bonchev–Trinajstić information content (AvgIpc) is 3.21. The molecule has 1 saturated heterocycles. The smallest absolute Gasteiger partial charge is 0.321 e. The highest BCUT2D eigenvalue weighted by atomic mass is 35.5. The number of thioether (sulfide) groups is 1. The van der Waals surface area contributed by atoms with E-state index in [4.69, 9.17) is 11.6 Å². The molecule has 1 N–H and O–H groups in total. The second-order valence-corrected chi connectivity index (χ2v) is 10.5. The summed E-state index contributed by atoms with van der Waals surface area (Å²) in [6, 6.07) is 19.0. The molecule has 4 rings (SSSR count). The molecule has 0 spiro atoms. The highest BCUT2D eigenvalue weighted by Gasteiger charge is 2.41. The first kappa shape index (κ1) is 28.3. The Morgan fingerprint density at radius 1 is 1.13 bits per heavy atom. The van der Waals surface area contributed by atoms with Gasteiger partial charge in [0.25, 0.3) is 5.91 Å². The van der Waals surface area contributed by atoms with Gasteiger partial charge in [0.15, 0.2) is 0 Å². The van der Waals surface area contributed by atoms with Gasteiger partial charge >= 0.3 is 6.18 Å². The van der Waals surface area contributed by atoms with Crippen molar-refractivity contribution in [1.82, 2.24) is 0 Å². The Hall–Kier alpha value is -3.74. The zero-order chi connectivity index (χ0) is 28.3. The summed E-state index contributed by atoms with van der Waals surface area (Å²) in [7, 11) is 0. The third-order valence-corrected chi connectivity index (χ3v) is 7.91. The molecule has 3 aromatic carbocycles. The number of nitrogens with one attached hydrogen (secondary N) is 1. The van der Waals surface area contributed by atoms with Gasteiger partial charge in [0.2, 0.25) is 5.91 Å². The molecule has 3 aromatic rings. The monoisotopic (exact) mass is 569 g/mol. The lowest BCUT2D eigenvalue weighted by Gasteiger charge is -2.19. The molecule has 1 unspecified atom stereocenters. The lowest BCUT2D eigenvalue weighted by atomic mass is 10.0. The molecule has 2 amide bonds. The van der Waals surface area contributed by atoms with Gasteiger partial charge in [-0.05, 0) is 72.9 Å². The molecule has 10 heteroatoms. The molecule has 1 atom stereocenters. The minimum Gasteiger partial charge on any atom is -0.321 e. The number of benzene rings is 3. The van der Waals surface area contributed by atoms with Crippen LogP contribution in [0.4, 0.5) is 24.5 Å². The molecule has 0 saturated carbocycles. The number of rotatable bonds is 6. The van der Waals surface area contributed by atoms with Crippen molar-refractivity contribution in [2.75, 3.05) is 10.2 Å². The molecule has 0 radical (unpaired) electrons. The van der Waals surface area contributed by atoms with E-state index in [1.807, 2.05) is 31.2 Å². The Bertz CT molecular complexity index is 1500. The van der Waals surface area contributed by atoms with Crippen molar-refractivity contribution in [3.63, 3.8) is 0 Å². The van der Waals surface area contributed by atoms with Gasteiger partial charge in [-0.15, -0.1) is 0 Å². The Balaban J connectivity index is 1.76. The lowest BCUT2D eigenvalue weighted by Crippen LogP contribution is -2.31. The van der Waals surface area contributed by atoms with Gasteiger partial charge < -0.3 is 5.32 Å². The average molecular weight is 570 g/mol. The van der Waals surface area contributed by atoms with Crippen LogP contribution in [0, 0.1) is 18.3 Å². The predicted octanol–water partition coefficient (Wildman–Crippen LogP) is 7.29. The number of nitrogens with zero attached hydrogens (tertiary/aromatic N) is 2. The van der Waals surface area contributed by atoms with Crippen LogP contribution in [0.2, 0.25) is 5.02 Å². The summed E-state index contributed by atoms with van der Waals surface area (Å²) in [5.74, 6) is -1.17. The van der Waals surface area contributed by atoms with Crippen molar-refractivity contribution in [3.05, 3.63) is 105 Å². The van der Waals surface area contributed by atoms with Crippen molar-refractivity contribution >= 4 is 46.6 Å². The minimum absolute atomic E-state index is 0.0884. The van der Waals surface area contributed by atoms with Crippen LogP contribution in [0.5, 0.6) is 0 Å². The van der Waals surface area contributed by atoms with Crippen LogP contribution in [0.3, 0.4) is 0 Å². The number of aryl methyl sites for hydroxylation is 2. The normalized spacial score (nSPS) is 16.7. The van der Waals surface area contributed by atoms with Crippen molar-refractivity contribution in [2.45, 2.75) is 38.1 Å². The predicted molar refractivity (Wildman–Crippen MR) is 147 cm³/mol. The molecular formula is C29H23ClF3N3O2S. The number of halogens is 4. The third kappa shape index (κ3) is 6.13. The second kappa shape index (κ2) is 11.6.